The molecule has 0 bridgehead atoms. The van der Waals surface area contributed by atoms with Gasteiger partial charge in [0.2, 0.25) is 0 Å². The molecule has 0 saturated carbocycles. The van der Waals surface area contributed by atoms with E-state index >= 15 is 0 Å². The van der Waals surface area contributed by atoms with Crippen LogP contribution in [0.2, 0.25) is 5.02 Å². The van der Waals surface area contributed by atoms with Crippen molar-refractivity contribution in [1.29, 1.82) is 0 Å². The number of carbonyl (C=O) groups excluding carboxylic acids is 2. The van der Waals surface area contributed by atoms with Crippen LogP contribution in [-0.4, -0.2) is 40.5 Å². The molecule has 1 fully saturated rings. The highest BCUT2D eigenvalue weighted by Crippen LogP contribution is 2.32. The molecule has 12 heteroatoms. The fraction of sp³-hybridized carbons (Fsp3) is 0.115. The lowest BCUT2D eigenvalue weighted by Crippen LogP contribution is -2.35. The molecule has 1 aliphatic rings. The van der Waals surface area contributed by atoms with Crippen molar-refractivity contribution < 1.29 is 24.0 Å². The predicted molar refractivity (Wildman–Crippen MR) is 150 cm³/mol. The van der Waals surface area contributed by atoms with Gasteiger partial charge in [0.25, 0.3) is 11.6 Å². The van der Waals surface area contributed by atoms with Crippen LogP contribution in [0.4, 0.5) is 11.4 Å². The van der Waals surface area contributed by atoms with Crippen molar-refractivity contribution >= 4 is 74.2 Å². The van der Waals surface area contributed by atoms with Crippen LogP contribution in [0.3, 0.4) is 0 Å². The molecule has 1 saturated heterocycles. The van der Waals surface area contributed by atoms with Crippen LogP contribution in [0.5, 0.6) is 5.75 Å². The first kappa shape index (κ1) is 27.2. The largest absolute Gasteiger partial charge is 0.488 e. The summed E-state index contributed by atoms with van der Waals surface area (Å²) in [4.78, 5) is 38.6. The Morgan fingerprint density at radius 2 is 1.82 bits per heavy atom. The van der Waals surface area contributed by atoms with Crippen LogP contribution in [0.25, 0.3) is 6.08 Å². The molecule has 0 unspecified atom stereocenters. The summed E-state index contributed by atoms with van der Waals surface area (Å²) in [5, 5.41) is 11.5. The third-order valence-corrected chi connectivity index (χ3v) is 6.81. The van der Waals surface area contributed by atoms with E-state index in [0.29, 0.717) is 26.5 Å². The maximum absolute atomic E-state index is 13.4. The van der Waals surface area contributed by atoms with Gasteiger partial charge in [-0.2, -0.15) is 0 Å². The van der Waals surface area contributed by atoms with Gasteiger partial charge in [0, 0.05) is 17.2 Å². The third-order valence-electron chi connectivity index (χ3n) is 5.54. The van der Waals surface area contributed by atoms with Crippen LogP contribution in [0.1, 0.15) is 11.1 Å². The normalized spacial score (nSPS) is 14.2. The Balaban J connectivity index is 1.58. The van der Waals surface area contributed by atoms with Gasteiger partial charge in [0.1, 0.15) is 24.6 Å². The number of non-ortho nitro benzene ring substituents is 1. The van der Waals surface area contributed by atoms with Crippen molar-refractivity contribution in [3.8, 4) is 5.75 Å². The van der Waals surface area contributed by atoms with E-state index in [0.717, 1.165) is 5.56 Å². The number of nitro benzene ring substituents is 1. The lowest BCUT2D eigenvalue weighted by molar-refractivity contribution is -0.384. The molecule has 0 aromatic heterocycles. The van der Waals surface area contributed by atoms with Gasteiger partial charge >= 0.3 is 5.97 Å². The molecule has 9 nitrogen and oxygen atoms in total. The zero-order chi connectivity index (χ0) is 27.4. The van der Waals surface area contributed by atoms with Crippen molar-refractivity contribution in [2.75, 3.05) is 18.6 Å². The second kappa shape index (κ2) is 11.7. The summed E-state index contributed by atoms with van der Waals surface area (Å²) in [6.07, 6.45) is 1.62. The molecule has 0 spiro atoms. The van der Waals surface area contributed by atoms with E-state index in [2.05, 4.69) is 15.9 Å². The number of esters is 1. The standard InChI is InChI=1S/C26H19BrClN3O6S/c1-36-24(32)14-29-22(25(33)30(26(29)38)19-9-5-18(28)6-10-19)13-17-4-11-23(21(27)12-17)37-15-16-2-7-20(8-3-16)31(34)35/h2-13H,14-15H2,1H3/b22-13-. The molecule has 0 aliphatic carbocycles. The first-order valence-corrected chi connectivity index (χ1v) is 12.6. The Bertz CT molecular complexity index is 1450. The molecule has 0 N–H and O–H groups in total. The Morgan fingerprint density at radius 1 is 1.13 bits per heavy atom. The fourth-order valence-corrected chi connectivity index (χ4v) is 4.59. The van der Waals surface area contributed by atoms with Crippen molar-refractivity contribution in [3.63, 3.8) is 0 Å². The highest BCUT2D eigenvalue weighted by molar-refractivity contribution is 9.10. The van der Waals surface area contributed by atoms with Gasteiger partial charge in [-0.25, -0.2) is 0 Å². The Labute approximate surface area is 236 Å². The molecule has 3 aromatic carbocycles. The molecule has 194 valence electrons. The van der Waals surface area contributed by atoms with Gasteiger partial charge in [-0.3, -0.25) is 24.6 Å². The molecule has 0 radical (unpaired) electrons. The molecule has 1 heterocycles. The van der Waals surface area contributed by atoms with Crippen LogP contribution >= 0.6 is 39.7 Å². The highest BCUT2D eigenvalue weighted by atomic mass is 79.9. The monoisotopic (exact) mass is 615 g/mol. The van der Waals surface area contributed by atoms with Crippen molar-refractivity contribution in [2.24, 2.45) is 0 Å². The summed E-state index contributed by atoms with van der Waals surface area (Å²) in [6.45, 7) is -0.0403. The molecule has 1 aliphatic heterocycles. The first-order chi connectivity index (χ1) is 18.2. The molecular formula is C26H19BrClN3O6S. The minimum absolute atomic E-state index is 0.00383. The van der Waals surface area contributed by atoms with Crippen LogP contribution < -0.4 is 9.64 Å². The lowest BCUT2D eigenvalue weighted by atomic mass is 10.1. The average Bonchev–Trinajstić information content (AvgIpc) is 3.12. The molecular weight excluding hydrogens is 598 g/mol. The lowest BCUT2D eigenvalue weighted by Gasteiger charge is -2.19. The number of amides is 1. The SMILES string of the molecule is COC(=O)CN1C(=S)N(c2ccc(Cl)cc2)C(=O)/C1=C/c1ccc(OCc2ccc([N+](=O)[O-])cc2)c(Br)c1. The minimum atomic E-state index is -0.555. The van der Waals surface area contributed by atoms with E-state index in [9.17, 15) is 19.7 Å². The number of nitro groups is 1. The van der Waals surface area contributed by atoms with Gasteiger partial charge in [0.15, 0.2) is 5.11 Å². The van der Waals surface area contributed by atoms with Crippen LogP contribution in [0.15, 0.2) is 76.9 Å². The number of methoxy groups -OCH3 is 1. The second-order valence-corrected chi connectivity index (χ2v) is 9.65. The smallest absolute Gasteiger partial charge is 0.325 e. The second-order valence-electron chi connectivity index (χ2n) is 7.99. The highest BCUT2D eigenvalue weighted by Gasteiger charge is 2.40. The number of ether oxygens (including phenoxy) is 2. The van der Waals surface area contributed by atoms with E-state index in [4.69, 9.17) is 33.3 Å². The summed E-state index contributed by atoms with van der Waals surface area (Å²) in [7, 11) is 1.26. The number of rotatable bonds is 8. The molecule has 38 heavy (non-hydrogen) atoms. The zero-order valence-corrected chi connectivity index (χ0v) is 23.0. The average molecular weight is 617 g/mol. The topological polar surface area (TPSA) is 102 Å². The summed E-state index contributed by atoms with van der Waals surface area (Å²) in [5.41, 5.74) is 2.13. The number of thiocarbonyl (C=S) groups is 1. The van der Waals surface area contributed by atoms with Gasteiger partial charge < -0.3 is 14.4 Å². The maximum atomic E-state index is 13.4. The fourth-order valence-electron chi connectivity index (χ4n) is 3.60. The quantitative estimate of drug-likeness (QED) is 0.104. The Hall–Kier alpha value is -3.80. The number of anilines is 1. The maximum Gasteiger partial charge on any atom is 0.325 e. The molecule has 1 amide bonds. The number of halogens is 2. The van der Waals surface area contributed by atoms with Crippen molar-refractivity contribution in [3.05, 3.63) is 103 Å². The van der Waals surface area contributed by atoms with Gasteiger partial charge in [-0.15, -0.1) is 0 Å². The van der Waals surface area contributed by atoms with E-state index in [-0.39, 0.29) is 29.6 Å². The van der Waals surface area contributed by atoms with E-state index in [1.54, 1.807) is 60.7 Å². The van der Waals surface area contributed by atoms with Crippen LogP contribution in [0, 0.1) is 10.1 Å². The van der Waals surface area contributed by atoms with E-state index in [1.807, 2.05) is 0 Å². The van der Waals surface area contributed by atoms with Crippen molar-refractivity contribution in [1.82, 2.24) is 4.90 Å². The Morgan fingerprint density at radius 3 is 2.42 bits per heavy atom. The molecule has 3 aromatic rings. The minimum Gasteiger partial charge on any atom is -0.488 e. The first-order valence-electron chi connectivity index (χ1n) is 11.0. The summed E-state index contributed by atoms with van der Waals surface area (Å²) >= 11 is 15.0. The summed E-state index contributed by atoms with van der Waals surface area (Å²) in [6, 6.07) is 17.9. The third kappa shape index (κ3) is 6.01. The number of carbonyl (C=O) groups is 2. The van der Waals surface area contributed by atoms with Crippen LogP contribution in [-0.2, 0) is 20.9 Å². The molecule has 4 rings (SSSR count). The number of hydrogen-bond acceptors (Lipinski definition) is 7. The number of hydrogen-bond donors (Lipinski definition) is 0. The van der Waals surface area contributed by atoms with E-state index in [1.165, 1.54) is 29.0 Å². The van der Waals surface area contributed by atoms with Gasteiger partial charge in [-0.1, -0.05) is 17.7 Å². The summed E-state index contributed by atoms with van der Waals surface area (Å²) in [5.74, 6) is -0.427. The van der Waals surface area contributed by atoms with Crippen molar-refractivity contribution in [2.45, 2.75) is 6.61 Å². The van der Waals surface area contributed by atoms with Gasteiger partial charge in [0.05, 0.1) is 22.2 Å². The molecule has 0 atom stereocenters. The number of nitrogens with zero attached hydrogens (tertiary/aromatic N) is 3. The zero-order valence-electron chi connectivity index (χ0n) is 19.8. The predicted octanol–water partition coefficient (Wildman–Crippen LogP) is 5.74. The van der Waals surface area contributed by atoms with Gasteiger partial charge in [-0.05, 0) is 93.9 Å². The van der Waals surface area contributed by atoms with E-state index < -0.39 is 16.8 Å². The summed E-state index contributed by atoms with van der Waals surface area (Å²) < 4.78 is 11.3. The Kier molecular flexibility index (Phi) is 8.40. The number of benzene rings is 3.